The lowest BCUT2D eigenvalue weighted by Gasteiger charge is -2.61. The van der Waals surface area contributed by atoms with Crippen molar-refractivity contribution in [2.24, 2.45) is 11.3 Å². The number of ether oxygens (including phenoxy) is 1. The second-order valence-electron chi connectivity index (χ2n) is 7.94. The van der Waals surface area contributed by atoms with Crippen LogP contribution in [0.3, 0.4) is 0 Å². The number of likely N-dealkylation sites (tertiary alicyclic amines) is 1. The maximum Gasteiger partial charge on any atom is 0.290 e. The van der Waals surface area contributed by atoms with Gasteiger partial charge < -0.3 is 19.6 Å². The molecule has 3 aliphatic rings. The van der Waals surface area contributed by atoms with Gasteiger partial charge in [-0.25, -0.2) is 4.98 Å². The molecule has 1 atom stereocenters. The van der Waals surface area contributed by atoms with Gasteiger partial charge in [-0.2, -0.15) is 5.10 Å². The lowest BCUT2D eigenvalue weighted by molar-refractivity contribution is -0.150. The fourth-order valence-electron chi connectivity index (χ4n) is 4.56. The lowest BCUT2D eigenvalue weighted by atomic mass is 9.72. The predicted octanol–water partition coefficient (Wildman–Crippen LogP) is 0.899. The van der Waals surface area contributed by atoms with Gasteiger partial charge in [0.2, 0.25) is 5.91 Å². The van der Waals surface area contributed by atoms with Crippen LogP contribution >= 0.6 is 0 Å². The van der Waals surface area contributed by atoms with Crippen LogP contribution in [0.25, 0.3) is 0 Å². The molecule has 0 radical (unpaired) electrons. The first-order valence-corrected chi connectivity index (χ1v) is 9.70. The first kappa shape index (κ1) is 19.2. The monoisotopic (exact) mass is 399 g/mol. The summed E-state index contributed by atoms with van der Waals surface area (Å²) in [5, 5.41) is 11.1. The van der Waals surface area contributed by atoms with Crippen molar-refractivity contribution in [3.8, 4) is 5.75 Å². The Hall–Kier alpha value is -3.10. The number of nitrogens with zero attached hydrogens (tertiary/aromatic N) is 5. The highest BCUT2D eigenvalue weighted by atomic mass is 16.5. The Bertz CT molecular complexity index is 867. The highest BCUT2D eigenvalue weighted by molar-refractivity contribution is 5.80. The fourth-order valence-corrected chi connectivity index (χ4v) is 4.56. The van der Waals surface area contributed by atoms with Crippen molar-refractivity contribution in [2.75, 3.05) is 38.2 Å². The quantitative estimate of drug-likeness (QED) is 0.765. The number of rotatable bonds is 3. The molecule has 2 aromatic rings. The molecule has 2 saturated heterocycles. The Balaban J connectivity index is 0.000000645. The SMILES string of the molecule is COc1ccc(N2CC3(CN(C(=O)C4CCn5ncnc5C4)C3)C2)cc1.O=CO. The van der Waals surface area contributed by atoms with Crippen LogP contribution in [-0.2, 0) is 22.6 Å². The van der Waals surface area contributed by atoms with E-state index in [2.05, 4.69) is 27.1 Å². The van der Waals surface area contributed by atoms with Crippen LogP contribution in [0.5, 0.6) is 5.75 Å². The predicted molar refractivity (Wildman–Crippen MR) is 105 cm³/mol. The summed E-state index contributed by atoms with van der Waals surface area (Å²) in [6.07, 6.45) is 3.18. The summed E-state index contributed by atoms with van der Waals surface area (Å²) in [5.41, 5.74) is 1.53. The van der Waals surface area contributed by atoms with E-state index in [-0.39, 0.29) is 12.4 Å². The van der Waals surface area contributed by atoms with Crippen molar-refractivity contribution in [1.29, 1.82) is 0 Å². The van der Waals surface area contributed by atoms with E-state index in [0.29, 0.717) is 11.3 Å². The zero-order chi connectivity index (χ0) is 20.4. The summed E-state index contributed by atoms with van der Waals surface area (Å²) in [6.45, 7) is 4.39. The average Bonchev–Trinajstić information content (AvgIpc) is 3.14. The van der Waals surface area contributed by atoms with Gasteiger partial charge in [-0.15, -0.1) is 0 Å². The molecule has 1 amide bonds. The number of anilines is 1. The Morgan fingerprint density at radius 2 is 1.93 bits per heavy atom. The molecule has 1 aromatic heterocycles. The summed E-state index contributed by atoms with van der Waals surface area (Å²) < 4.78 is 7.13. The molecule has 4 heterocycles. The van der Waals surface area contributed by atoms with Gasteiger partial charge in [0.15, 0.2) is 0 Å². The average molecular weight is 399 g/mol. The van der Waals surface area contributed by atoms with Gasteiger partial charge in [0.1, 0.15) is 17.9 Å². The lowest BCUT2D eigenvalue weighted by Crippen LogP contribution is -2.73. The third-order valence-electron chi connectivity index (χ3n) is 6.02. The molecule has 2 fully saturated rings. The van der Waals surface area contributed by atoms with Gasteiger partial charge >= 0.3 is 0 Å². The highest BCUT2D eigenvalue weighted by Crippen LogP contribution is 2.43. The van der Waals surface area contributed by atoms with Crippen LogP contribution in [0.1, 0.15) is 12.2 Å². The van der Waals surface area contributed by atoms with E-state index in [0.717, 1.165) is 57.1 Å². The summed E-state index contributed by atoms with van der Waals surface area (Å²) in [5.74, 6) is 2.20. The number of carboxylic acid groups (broad SMARTS) is 1. The van der Waals surface area contributed by atoms with E-state index in [4.69, 9.17) is 14.6 Å². The Morgan fingerprint density at radius 3 is 2.59 bits per heavy atom. The van der Waals surface area contributed by atoms with Gasteiger partial charge in [0.05, 0.1) is 7.11 Å². The van der Waals surface area contributed by atoms with Crippen LogP contribution in [0.15, 0.2) is 30.6 Å². The van der Waals surface area contributed by atoms with Crippen molar-refractivity contribution in [1.82, 2.24) is 19.7 Å². The molecule has 0 bridgehead atoms. The van der Waals surface area contributed by atoms with E-state index >= 15 is 0 Å². The van der Waals surface area contributed by atoms with Gasteiger partial charge in [-0.3, -0.25) is 14.3 Å². The molecule has 1 spiro atoms. The fraction of sp³-hybridized carbons (Fsp3) is 0.500. The third-order valence-corrected chi connectivity index (χ3v) is 6.02. The number of fused-ring (bicyclic) bond motifs is 1. The molecule has 9 heteroatoms. The van der Waals surface area contributed by atoms with Gasteiger partial charge in [0.25, 0.3) is 6.47 Å². The smallest absolute Gasteiger partial charge is 0.290 e. The third kappa shape index (κ3) is 3.64. The highest BCUT2D eigenvalue weighted by Gasteiger charge is 2.53. The van der Waals surface area contributed by atoms with Gasteiger partial charge in [0, 0.05) is 56.2 Å². The molecule has 1 unspecified atom stereocenters. The van der Waals surface area contributed by atoms with E-state index in [1.54, 1.807) is 13.4 Å². The van der Waals surface area contributed by atoms with Crippen molar-refractivity contribution in [2.45, 2.75) is 19.4 Å². The van der Waals surface area contributed by atoms with Crippen LogP contribution in [0.4, 0.5) is 5.69 Å². The molecule has 3 aliphatic heterocycles. The maximum absolute atomic E-state index is 12.8. The second kappa shape index (κ2) is 7.73. The summed E-state index contributed by atoms with van der Waals surface area (Å²) >= 11 is 0. The number of methoxy groups -OCH3 is 1. The van der Waals surface area contributed by atoms with Crippen molar-refractivity contribution in [3.63, 3.8) is 0 Å². The zero-order valence-electron chi connectivity index (χ0n) is 16.4. The molecule has 9 nitrogen and oxygen atoms in total. The van der Waals surface area contributed by atoms with E-state index in [1.807, 2.05) is 21.7 Å². The molecule has 5 rings (SSSR count). The van der Waals surface area contributed by atoms with Crippen LogP contribution in [0.2, 0.25) is 0 Å². The summed E-state index contributed by atoms with van der Waals surface area (Å²) in [4.78, 5) is 29.9. The Labute approximate surface area is 168 Å². The van der Waals surface area contributed by atoms with Crippen LogP contribution < -0.4 is 9.64 Å². The number of aryl methyl sites for hydroxylation is 1. The minimum Gasteiger partial charge on any atom is -0.497 e. The molecule has 0 aliphatic carbocycles. The van der Waals surface area contributed by atoms with Gasteiger partial charge in [-0.1, -0.05) is 0 Å². The van der Waals surface area contributed by atoms with Crippen molar-refractivity contribution >= 4 is 18.1 Å². The first-order chi connectivity index (χ1) is 14.1. The van der Waals surface area contributed by atoms with E-state index in [1.165, 1.54) is 5.69 Å². The van der Waals surface area contributed by atoms with E-state index < -0.39 is 0 Å². The van der Waals surface area contributed by atoms with E-state index in [9.17, 15) is 4.79 Å². The van der Waals surface area contributed by atoms with Crippen molar-refractivity contribution < 1.29 is 19.4 Å². The largest absolute Gasteiger partial charge is 0.497 e. The minimum atomic E-state index is -0.250. The second-order valence-corrected chi connectivity index (χ2v) is 7.94. The summed E-state index contributed by atoms with van der Waals surface area (Å²) in [6, 6.07) is 8.20. The Kier molecular flexibility index (Phi) is 5.12. The molecule has 29 heavy (non-hydrogen) atoms. The van der Waals surface area contributed by atoms with Crippen LogP contribution in [-0.4, -0.2) is 70.4 Å². The number of hydrogen-bond acceptors (Lipinski definition) is 6. The normalized spacial score (nSPS) is 21.2. The topological polar surface area (TPSA) is 101 Å². The molecule has 0 saturated carbocycles. The van der Waals surface area contributed by atoms with Crippen molar-refractivity contribution in [3.05, 3.63) is 36.4 Å². The first-order valence-electron chi connectivity index (χ1n) is 9.70. The molecular weight excluding hydrogens is 374 g/mol. The molecule has 1 aromatic carbocycles. The maximum atomic E-state index is 12.8. The van der Waals surface area contributed by atoms with Gasteiger partial charge in [-0.05, 0) is 30.7 Å². The number of carbonyl (C=O) groups excluding carboxylic acids is 1. The number of aromatic nitrogens is 3. The van der Waals surface area contributed by atoms with Crippen LogP contribution in [0, 0.1) is 11.3 Å². The number of carbonyl (C=O) groups is 2. The number of hydrogen-bond donors (Lipinski definition) is 1. The number of amides is 1. The molecular formula is C20H25N5O4. The zero-order valence-corrected chi connectivity index (χ0v) is 16.4. The molecule has 1 N–H and O–H groups in total. The minimum absolute atomic E-state index is 0.0711. The standard InChI is InChI=1S/C19H23N5O2.CH2O2/c1-26-16-4-2-15(3-5-16)22-9-19(10-22)11-23(12-19)18(25)14-6-7-24-17(8-14)20-13-21-24;2-1-3/h2-5,13-14H,6-12H2,1H3;1H,(H,2,3). The Morgan fingerprint density at radius 1 is 1.24 bits per heavy atom. The number of benzene rings is 1. The molecule has 154 valence electrons. The summed E-state index contributed by atoms with van der Waals surface area (Å²) in [7, 11) is 1.68.